The summed E-state index contributed by atoms with van der Waals surface area (Å²) in [5.74, 6) is -0.590. The Morgan fingerprint density at radius 3 is 2.04 bits per heavy atom. The number of rotatable bonds is 11. The highest BCUT2D eigenvalue weighted by Gasteiger charge is 2.42. The molecule has 0 fully saturated rings. The van der Waals surface area contributed by atoms with Crippen molar-refractivity contribution in [2.45, 2.75) is 31.6 Å². The zero-order valence-corrected chi connectivity index (χ0v) is 15.3. The van der Waals surface area contributed by atoms with E-state index in [1.54, 1.807) is 6.92 Å². The fraction of sp³-hybridized carbons (Fsp3) is 0.818. The lowest BCUT2D eigenvalue weighted by Gasteiger charge is -2.23. The van der Waals surface area contributed by atoms with Crippen molar-refractivity contribution in [3.63, 3.8) is 0 Å². The van der Waals surface area contributed by atoms with Gasteiger partial charge in [0.25, 0.3) is 0 Å². The molecule has 14 heteroatoms. The van der Waals surface area contributed by atoms with Gasteiger partial charge in [0.15, 0.2) is 5.40 Å². The molecule has 12 nitrogen and oxygen atoms in total. The standard InChI is InChI=1S/C11H23NO11P2/c1-2-9(14)22-8-23-11(15)12(6-7-13)5-3-4-10(24(16,17)18)25(19,20)21/h10,13H,2-8H2,1H3,(H2,16,17,18)(H2,19,20,21). The second-order valence-corrected chi connectivity index (χ2v) is 8.92. The van der Waals surface area contributed by atoms with Gasteiger partial charge in [-0.05, 0) is 12.8 Å². The minimum absolute atomic E-state index is 0.0873. The molecule has 0 aromatic rings. The highest BCUT2D eigenvalue weighted by Crippen LogP contribution is 2.61. The van der Waals surface area contributed by atoms with Crippen LogP contribution in [-0.2, 0) is 23.4 Å². The Labute approximate surface area is 144 Å². The first-order chi connectivity index (χ1) is 11.4. The molecule has 1 amide bonds. The van der Waals surface area contributed by atoms with Crippen molar-refractivity contribution in [1.82, 2.24) is 4.90 Å². The molecule has 0 radical (unpaired) electrons. The summed E-state index contributed by atoms with van der Waals surface area (Å²) >= 11 is 0. The molecule has 0 saturated heterocycles. The van der Waals surface area contributed by atoms with E-state index in [9.17, 15) is 18.7 Å². The molecule has 0 atom stereocenters. The van der Waals surface area contributed by atoms with Gasteiger partial charge in [-0.3, -0.25) is 13.9 Å². The third kappa shape index (κ3) is 9.91. The van der Waals surface area contributed by atoms with Gasteiger partial charge < -0.3 is 39.1 Å². The molecule has 0 aromatic carbocycles. The molecule has 5 N–H and O–H groups in total. The fourth-order valence-electron chi connectivity index (χ4n) is 1.75. The van der Waals surface area contributed by atoms with E-state index in [1.165, 1.54) is 0 Å². The third-order valence-electron chi connectivity index (χ3n) is 2.99. The third-order valence-corrected chi connectivity index (χ3v) is 6.86. The van der Waals surface area contributed by atoms with E-state index in [1.807, 2.05) is 0 Å². The smallest absolute Gasteiger partial charge is 0.412 e. The number of hydrogen-bond donors (Lipinski definition) is 5. The highest BCUT2D eigenvalue weighted by molar-refractivity contribution is 7.70. The van der Waals surface area contributed by atoms with E-state index in [2.05, 4.69) is 9.47 Å². The van der Waals surface area contributed by atoms with Crippen molar-refractivity contribution in [3.8, 4) is 0 Å². The summed E-state index contributed by atoms with van der Waals surface area (Å²) in [5.41, 5.74) is 0. The number of carbonyl (C=O) groups excluding carboxylic acids is 2. The predicted molar refractivity (Wildman–Crippen MR) is 83.5 cm³/mol. The molecule has 0 aliphatic heterocycles. The largest absolute Gasteiger partial charge is 0.428 e. The first-order valence-electron chi connectivity index (χ1n) is 7.22. The van der Waals surface area contributed by atoms with Crippen molar-refractivity contribution in [2.75, 3.05) is 26.5 Å². The summed E-state index contributed by atoms with van der Waals surface area (Å²) in [7, 11) is -10.1. The molecule has 148 valence electrons. The molecule has 0 aliphatic rings. The van der Waals surface area contributed by atoms with Crippen LogP contribution in [0, 0.1) is 0 Å². The first-order valence-corrected chi connectivity index (χ1v) is 10.6. The molecule has 25 heavy (non-hydrogen) atoms. The van der Waals surface area contributed by atoms with E-state index in [0.29, 0.717) is 0 Å². The van der Waals surface area contributed by atoms with Gasteiger partial charge in [0.1, 0.15) is 0 Å². The first kappa shape index (κ1) is 24.0. The number of aliphatic hydroxyl groups is 1. The average molecular weight is 407 g/mol. The Balaban J connectivity index is 4.61. The zero-order valence-electron chi connectivity index (χ0n) is 13.6. The summed E-state index contributed by atoms with van der Waals surface area (Å²) < 4.78 is 31.5. The van der Waals surface area contributed by atoms with Crippen LogP contribution >= 0.6 is 15.2 Å². The van der Waals surface area contributed by atoms with Gasteiger partial charge >= 0.3 is 27.3 Å². The summed E-state index contributed by atoms with van der Waals surface area (Å²) in [6, 6.07) is 0. The van der Waals surface area contributed by atoms with Crippen LogP contribution in [0.25, 0.3) is 0 Å². The second-order valence-electron chi connectivity index (χ2n) is 4.91. The van der Waals surface area contributed by atoms with Crippen LogP contribution in [0.3, 0.4) is 0 Å². The van der Waals surface area contributed by atoms with E-state index < -0.39 is 52.5 Å². The Hall–Kier alpha value is -1.00. The minimum atomic E-state index is -5.03. The van der Waals surface area contributed by atoms with E-state index in [-0.39, 0.29) is 25.9 Å². The number of amides is 1. The van der Waals surface area contributed by atoms with Crippen LogP contribution in [-0.4, -0.2) is 73.5 Å². The van der Waals surface area contributed by atoms with Crippen molar-refractivity contribution in [3.05, 3.63) is 0 Å². The minimum Gasteiger partial charge on any atom is -0.428 e. The monoisotopic (exact) mass is 407 g/mol. The topological polar surface area (TPSA) is 191 Å². The maximum Gasteiger partial charge on any atom is 0.412 e. The van der Waals surface area contributed by atoms with E-state index in [0.717, 1.165) is 4.90 Å². The van der Waals surface area contributed by atoms with Gasteiger partial charge in [-0.2, -0.15) is 0 Å². The zero-order chi connectivity index (χ0) is 19.7. The molecule has 0 spiro atoms. The summed E-state index contributed by atoms with van der Waals surface area (Å²) in [4.78, 5) is 59.7. The molecular formula is C11H23NO11P2. The molecule has 0 unspecified atom stereocenters. The van der Waals surface area contributed by atoms with Crippen LogP contribution in [0.5, 0.6) is 0 Å². The number of ether oxygens (including phenoxy) is 2. The van der Waals surface area contributed by atoms with Crippen LogP contribution < -0.4 is 0 Å². The SMILES string of the molecule is CCC(=O)OCOC(=O)N(CCO)CCCC(P(=O)(O)O)P(=O)(O)O. The molecule has 0 heterocycles. The average Bonchev–Trinajstić information content (AvgIpc) is 2.47. The lowest BCUT2D eigenvalue weighted by molar-refractivity contribution is -0.152. The van der Waals surface area contributed by atoms with Gasteiger partial charge in [0, 0.05) is 19.5 Å². The van der Waals surface area contributed by atoms with Crippen LogP contribution in [0.15, 0.2) is 0 Å². The quantitative estimate of drug-likeness (QED) is 0.173. The van der Waals surface area contributed by atoms with E-state index in [4.69, 9.17) is 24.7 Å². The summed E-state index contributed by atoms with van der Waals surface area (Å²) in [6.45, 7) is 0.0978. The number of nitrogens with zero attached hydrogens (tertiary/aromatic N) is 1. The molecule has 0 aliphatic carbocycles. The van der Waals surface area contributed by atoms with Crippen molar-refractivity contribution >= 4 is 27.3 Å². The number of esters is 1. The van der Waals surface area contributed by atoms with Crippen LogP contribution in [0.4, 0.5) is 4.79 Å². The fourth-order valence-corrected chi connectivity index (χ4v) is 4.36. The Bertz CT molecular complexity index is 506. The maximum atomic E-state index is 11.8. The highest BCUT2D eigenvalue weighted by atomic mass is 31.2. The normalized spacial score (nSPS) is 12.1. The maximum absolute atomic E-state index is 11.8. The summed E-state index contributed by atoms with van der Waals surface area (Å²) in [5, 5.41) is 6.75. The summed E-state index contributed by atoms with van der Waals surface area (Å²) in [6.07, 6.45) is -1.58. The van der Waals surface area contributed by atoms with Crippen LogP contribution in [0.2, 0.25) is 0 Å². The number of hydrogen-bond acceptors (Lipinski definition) is 7. The van der Waals surface area contributed by atoms with Crippen molar-refractivity contribution < 1.29 is 52.9 Å². The molecule has 0 saturated carbocycles. The van der Waals surface area contributed by atoms with Gasteiger partial charge in [-0.15, -0.1) is 0 Å². The Morgan fingerprint density at radius 1 is 1.04 bits per heavy atom. The van der Waals surface area contributed by atoms with Gasteiger partial charge in [-0.1, -0.05) is 6.92 Å². The van der Waals surface area contributed by atoms with Crippen molar-refractivity contribution in [2.24, 2.45) is 0 Å². The van der Waals surface area contributed by atoms with Crippen LogP contribution in [0.1, 0.15) is 26.2 Å². The number of carbonyl (C=O) groups is 2. The second kappa shape index (κ2) is 10.9. The molecule has 0 rings (SSSR count). The lowest BCUT2D eigenvalue weighted by atomic mass is 10.3. The van der Waals surface area contributed by atoms with Gasteiger partial charge in [-0.25, -0.2) is 4.79 Å². The van der Waals surface area contributed by atoms with Gasteiger partial charge in [0.05, 0.1) is 6.61 Å². The molecular weight excluding hydrogens is 384 g/mol. The van der Waals surface area contributed by atoms with Gasteiger partial charge in [0.2, 0.25) is 6.79 Å². The number of aliphatic hydroxyl groups excluding tert-OH is 1. The molecule has 0 bridgehead atoms. The van der Waals surface area contributed by atoms with E-state index >= 15 is 0 Å². The molecule has 0 aromatic heterocycles. The Kier molecular flexibility index (Phi) is 10.4. The lowest BCUT2D eigenvalue weighted by Crippen LogP contribution is -2.35. The Morgan fingerprint density at radius 2 is 1.60 bits per heavy atom. The predicted octanol–water partition coefficient (Wildman–Crippen LogP) is -0.210. The van der Waals surface area contributed by atoms with Crippen molar-refractivity contribution in [1.29, 1.82) is 0 Å².